The summed E-state index contributed by atoms with van der Waals surface area (Å²) in [6.45, 7) is 0. The lowest BCUT2D eigenvalue weighted by Gasteiger charge is -1.95. The van der Waals surface area contributed by atoms with Gasteiger partial charge in [0.1, 0.15) is 0 Å². The summed E-state index contributed by atoms with van der Waals surface area (Å²) in [4.78, 5) is 10.3. The van der Waals surface area contributed by atoms with Gasteiger partial charge in [-0.3, -0.25) is 4.79 Å². The van der Waals surface area contributed by atoms with Gasteiger partial charge in [-0.15, -0.1) is 0 Å². The van der Waals surface area contributed by atoms with E-state index in [1.54, 1.807) is 6.08 Å². The quantitative estimate of drug-likeness (QED) is 0.532. The first-order valence-electron chi connectivity index (χ1n) is 4.19. The molecule has 0 spiro atoms. The topological polar surface area (TPSA) is 17.1 Å². The Morgan fingerprint density at radius 2 is 2.00 bits per heavy atom. The Morgan fingerprint density at radius 1 is 1.31 bits per heavy atom. The van der Waals surface area contributed by atoms with Crippen molar-refractivity contribution in [1.82, 2.24) is 0 Å². The first-order valence-corrected chi connectivity index (χ1v) is 4.57. The van der Waals surface area contributed by atoms with Gasteiger partial charge in [0.25, 0.3) is 0 Å². The molecule has 13 heavy (non-hydrogen) atoms. The van der Waals surface area contributed by atoms with Gasteiger partial charge in [-0.1, -0.05) is 36.4 Å². The van der Waals surface area contributed by atoms with E-state index in [2.05, 4.69) is 12.1 Å². The van der Waals surface area contributed by atoms with Crippen LogP contribution in [0.4, 0.5) is 0 Å². The molecule has 2 heteroatoms. The summed E-state index contributed by atoms with van der Waals surface area (Å²) in [5, 5.41) is -0.409. The highest BCUT2D eigenvalue weighted by atomic mass is 35.5. The fourth-order valence-electron chi connectivity index (χ4n) is 1.07. The summed E-state index contributed by atoms with van der Waals surface area (Å²) in [6.07, 6.45) is 4.98. The van der Waals surface area contributed by atoms with Gasteiger partial charge in [0.05, 0.1) is 0 Å². The molecule has 1 aromatic rings. The summed E-state index contributed by atoms with van der Waals surface area (Å²) in [5.41, 5.74) is 1.27. The lowest BCUT2D eigenvalue weighted by atomic mass is 10.1. The van der Waals surface area contributed by atoms with E-state index in [1.807, 2.05) is 18.2 Å². The van der Waals surface area contributed by atoms with Crippen molar-refractivity contribution in [3.63, 3.8) is 0 Å². The average molecular weight is 195 g/mol. The van der Waals surface area contributed by atoms with Gasteiger partial charge >= 0.3 is 0 Å². The van der Waals surface area contributed by atoms with Crippen molar-refractivity contribution in [1.29, 1.82) is 0 Å². The van der Waals surface area contributed by atoms with Crippen LogP contribution in [0.25, 0.3) is 0 Å². The predicted molar refractivity (Wildman–Crippen MR) is 54.8 cm³/mol. The number of hydrogen-bond acceptors (Lipinski definition) is 1. The van der Waals surface area contributed by atoms with Crippen molar-refractivity contribution < 1.29 is 4.79 Å². The molecule has 1 aromatic carbocycles. The summed E-state index contributed by atoms with van der Waals surface area (Å²) in [6, 6.07) is 10.1. The number of allylic oxidation sites excluding steroid dienone is 2. The second-order valence-corrected chi connectivity index (χ2v) is 3.10. The van der Waals surface area contributed by atoms with Crippen LogP contribution in [0.15, 0.2) is 42.5 Å². The number of aryl methyl sites for hydroxylation is 1. The standard InChI is InChI=1S/C11H11ClO/c12-11(13)9-5-4-8-10-6-2-1-3-7-10/h1-3,5-7,9H,4,8H2. The third-order valence-corrected chi connectivity index (χ3v) is 1.82. The van der Waals surface area contributed by atoms with E-state index >= 15 is 0 Å². The predicted octanol–water partition coefficient (Wildman–Crippen LogP) is 2.94. The Kier molecular flexibility index (Phi) is 4.27. The Labute approximate surface area is 83.0 Å². The van der Waals surface area contributed by atoms with Crippen LogP contribution in [0.3, 0.4) is 0 Å². The van der Waals surface area contributed by atoms with Crippen LogP contribution in [0.2, 0.25) is 0 Å². The van der Waals surface area contributed by atoms with Gasteiger partial charge < -0.3 is 0 Å². The van der Waals surface area contributed by atoms with Gasteiger partial charge in [-0.05, 0) is 36.1 Å². The largest absolute Gasteiger partial charge is 0.276 e. The molecule has 0 amide bonds. The number of benzene rings is 1. The SMILES string of the molecule is O=C(Cl)C=CCCc1ccccc1. The summed E-state index contributed by atoms with van der Waals surface area (Å²) >= 11 is 5.13. The molecule has 0 N–H and O–H groups in total. The summed E-state index contributed by atoms with van der Waals surface area (Å²) < 4.78 is 0. The van der Waals surface area contributed by atoms with E-state index in [-0.39, 0.29) is 0 Å². The van der Waals surface area contributed by atoms with E-state index < -0.39 is 5.24 Å². The van der Waals surface area contributed by atoms with Crippen LogP contribution < -0.4 is 0 Å². The Balaban J connectivity index is 2.32. The Morgan fingerprint density at radius 3 is 2.62 bits per heavy atom. The summed E-state index contributed by atoms with van der Waals surface area (Å²) in [7, 11) is 0. The fraction of sp³-hybridized carbons (Fsp3) is 0.182. The maximum Gasteiger partial charge on any atom is 0.244 e. The molecular formula is C11H11ClO. The lowest BCUT2D eigenvalue weighted by Crippen LogP contribution is -1.82. The van der Waals surface area contributed by atoms with Crippen molar-refractivity contribution in [2.45, 2.75) is 12.8 Å². The van der Waals surface area contributed by atoms with Gasteiger partial charge in [-0.2, -0.15) is 0 Å². The first kappa shape index (κ1) is 10.0. The highest BCUT2D eigenvalue weighted by molar-refractivity contribution is 6.66. The van der Waals surface area contributed by atoms with Crippen molar-refractivity contribution in [2.75, 3.05) is 0 Å². The number of halogens is 1. The second kappa shape index (κ2) is 5.55. The molecule has 0 heterocycles. The minimum atomic E-state index is -0.409. The maximum atomic E-state index is 10.3. The van der Waals surface area contributed by atoms with E-state index in [0.29, 0.717) is 0 Å². The van der Waals surface area contributed by atoms with Crippen LogP contribution in [-0.4, -0.2) is 5.24 Å². The van der Waals surface area contributed by atoms with Crippen LogP contribution in [0, 0.1) is 0 Å². The van der Waals surface area contributed by atoms with Gasteiger partial charge in [0, 0.05) is 0 Å². The van der Waals surface area contributed by atoms with Crippen LogP contribution in [0.1, 0.15) is 12.0 Å². The first-order chi connectivity index (χ1) is 6.29. The molecular weight excluding hydrogens is 184 g/mol. The number of carbonyl (C=O) groups excluding carboxylic acids is 1. The van der Waals surface area contributed by atoms with Gasteiger partial charge in [-0.25, -0.2) is 0 Å². The second-order valence-electron chi connectivity index (χ2n) is 2.73. The van der Waals surface area contributed by atoms with Crippen molar-refractivity contribution in [3.8, 4) is 0 Å². The molecule has 1 rings (SSSR count). The molecule has 0 saturated carbocycles. The van der Waals surface area contributed by atoms with E-state index in [1.165, 1.54) is 11.6 Å². The van der Waals surface area contributed by atoms with Crippen LogP contribution in [0.5, 0.6) is 0 Å². The summed E-state index contributed by atoms with van der Waals surface area (Å²) in [5.74, 6) is 0. The Hall–Kier alpha value is -1.08. The van der Waals surface area contributed by atoms with E-state index in [4.69, 9.17) is 11.6 Å². The third kappa shape index (κ3) is 4.48. The zero-order chi connectivity index (χ0) is 9.52. The molecule has 0 aliphatic rings. The minimum absolute atomic E-state index is 0.409. The molecule has 0 radical (unpaired) electrons. The van der Waals surface area contributed by atoms with Gasteiger partial charge in [0.15, 0.2) is 0 Å². The van der Waals surface area contributed by atoms with Crippen LogP contribution >= 0.6 is 11.6 Å². The monoisotopic (exact) mass is 194 g/mol. The molecule has 0 atom stereocenters. The molecule has 1 nitrogen and oxygen atoms in total. The third-order valence-electron chi connectivity index (χ3n) is 1.69. The number of rotatable bonds is 4. The normalized spacial score (nSPS) is 10.5. The number of hydrogen-bond donors (Lipinski definition) is 0. The molecule has 0 fully saturated rings. The van der Waals surface area contributed by atoms with E-state index in [0.717, 1.165) is 12.8 Å². The Bertz CT molecular complexity index is 290. The molecule has 0 aromatic heterocycles. The fourth-order valence-corrected chi connectivity index (χ4v) is 1.16. The maximum absolute atomic E-state index is 10.3. The van der Waals surface area contributed by atoms with Crippen molar-refractivity contribution >= 4 is 16.8 Å². The highest BCUT2D eigenvalue weighted by Crippen LogP contribution is 2.02. The minimum Gasteiger partial charge on any atom is -0.276 e. The van der Waals surface area contributed by atoms with Crippen molar-refractivity contribution in [3.05, 3.63) is 48.0 Å². The van der Waals surface area contributed by atoms with Crippen molar-refractivity contribution in [2.24, 2.45) is 0 Å². The molecule has 0 aliphatic carbocycles. The molecule has 0 bridgehead atoms. The highest BCUT2D eigenvalue weighted by Gasteiger charge is 1.89. The molecule has 0 saturated heterocycles. The van der Waals surface area contributed by atoms with E-state index in [9.17, 15) is 4.79 Å². The zero-order valence-electron chi connectivity index (χ0n) is 7.24. The smallest absolute Gasteiger partial charge is 0.244 e. The lowest BCUT2D eigenvalue weighted by molar-refractivity contribution is -0.107. The zero-order valence-corrected chi connectivity index (χ0v) is 8.00. The molecule has 0 aliphatic heterocycles. The van der Waals surface area contributed by atoms with Gasteiger partial charge in [0.2, 0.25) is 5.24 Å². The average Bonchev–Trinajstić information content (AvgIpc) is 2.14. The number of carbonyl (C=O) groups is 1. The molecule has 68 valence electrons. The van der Waals surface area contributed by atoms with Crippen LogP contribution in [-0.2, 0) is 11.2 Å². The molecule has 0 unspecified atom stereocenters.